The van der Waals surface area contributed by atoms with Gasteiger partial charge in [0.25, 0.3) is 0 Å². The number of aromatic amines is 1. The van der Waals surface area contributed by atoms with Crippen molar-refractivity contribution < 1.29 is 0 Å². The highest BCUT2D eigenvalue weighted by atomic mass is 16.1. The fraction of sp³-hybridized carbons (Fsp3) is 0.600. The van der Waals surface area contributed by atoms with E-state index in [9.17, 15) is 4.79 Å². The van der Waals surface area contributed by atoms with Crippen LogP contribution in [-0.4, -0.2) is 23.1 Å². The van der Waals surface area contributed by atoms with E-state index in [1.54, 1.807) is 6.20 Å². The first-order chi connectivity index (χ1) is 6.86. The standard InChI is InChI=1S/C10H15N3O/c14-10-12-7-4-9(13-10)8-2-1-5-11-6-3-8/h4,7-8,11H,1-3,5-6H2,(H,12,13,14). The molecule has 0 aliphatic carbocycles. The molecule has 0 saturated carbocycles. The van der Waals surface area contributed by atoms with E-state index in [-0.39, 0.29) is 5.69 Å². The van der Waals surface area contributed by atoms with Gasteiger partial charge < -0.3 is 10.3 Å². The maximum Gasteiger partial charge on any atom is 0.345 e. The SMILES string of the molecule is O=c1nccc(C2CCCNCC2)[nH]1. The summed E-state index contributed by atoms with van der Waals surface area (Å²) < 4.78 is 0. The van der Waals surface area contributed by atoms with Gasteiger partial charge >= 0.3 is 5.69 Å². The lowest BCUT2D eigenvalue weighted by atomic mass is 9.97. The third kappa shape index (κ3) is 2.20. The summed E-state index contributed by atoms with van der Waals surface area (Å²) in [6.07, 6.45) is 5.01. The number of hydrogen-bond acceptors (Lipinski definition) is 3. The average Bonchev–Trinajstić information content (AvgIpc) is 2.45. The minimum Gasteiger partial charge on any atom is -0.317 e. The molecule has 0 amide bonds. The number of aromatic nitrogens is 2. The molecule has 2 N–H and O–H groups in total. The summed E-state index contributed by atoms with van der Waals surface area (Å²) >= 11 is 0. The molecule has 2 heterocycles. The Balaban J connectivity index is 2.16. The number of nitrogens with one attached hydrogen (secondary N) is 2. The predicted molar refractivity (Wildman–Crippen MR) is 54.3 cm³/mol. The molecule has 1 atom stereocenters. The summed E-state index contributed by atoms with van der Waals surface area (Å²) in [4.78, 5) is 17.5. The molecule has 0 aromatic carbocycles. The molecule has 4 heteroatoms. The van der Waals surface area contributed by atoms with E-state index >= 15 is 0 Å². The van der Waals surface area contributed by atoms with E-state index < -0.39 is 0 Å². The minimum absolute atomic E-state index is 0.236. The van der Waals surface area contributed by atoms with Crippen LogP contribution >= 0.6 is 0 Å². The monoisotopic (exact) mass is 193 g/mol. The average molecular weight is 193 g/mol. The van der Waals surface area contributed by atoms with Gasteiger partial charge in [0.05, 0.1) is 0 Å². The quantitative estimate of drug-likeness (QED) is 0.687. The van der Waals surface area contributed by atoms with Crippen LogP contribution in [0.25, 0.3) is 0 Å². The maximum atomic E-state index is 11.0. The molecule has 0 spiro atoms. The van der Waals surface area contributed by atoms with Crippen molar-refractivity contribution in [3.05, 3.63) is 28.4 Å². The Morgan fingerprint density at radius 3 is 3.14 bits per heavy atom. The molecule has 4 nitrogen and oxygen atoms in total. The zero-order valence-electron chi connectivity index (χ0n) is 8.12. The molecule has 1 aromatic heterocycles. The van der Waals surface area contributed by atoms with Crippen LogP contribution in [-0.2, 0) is 0 Å². The van der Waals surface area contributed by atoms with Crippen LogP contribution in [0.15, 0.2) is 17.1 Å². The third-order valence-corrected chi connectivity index (χ3v) is 2.71. The topological polar surface area (TPSA) is 57.8 Å². The summed E-state index contributed by atoms with van der Waals surface area (Å²) in [5, 5.41) is 3.35. The molecule has 1 aliphatic rings. The lowest BCUT2D eigenvalue weighted by molar-refractivity contribution is 0.589. The van der Waals surface area contributed by atoms with Gasteiger partial charge in [-0.15, -0.1) is 0 Å². The Bertz CT molecular complexity index is 339. The van der Waals surface area contributed by atoms with Gasteiger partial charge in [-0.05, 0) is 38.4 Å². The second-order valence-electron chi connectivity index (χ2n) is 3.71. The molecule has 14 heavy (non-hydrogen) atoms. The van der Waals surface area contributed by atoms with Crippen LogP contribution in [0.4, 0.5) is 0 Å². The smallest absolute Gasteiger partial charge is 0.317 e. The Morgan fingerprint density at radius 1 is 1.36 bits per heavy atom. The lowest BCUT2D eigenvalue weighted by Crippen LogP contribution is -2.16. The largest absolute Gasteiger partial charge is 0.345 e. The van der Waals surface area contributed by atoms with Crippen molar-refractivity contribution in [1.82, 2.24) is 15.3 Å². The molecular formula is C10H15N3O. The fourth-order valence-corrected chi connectivity index (χ4v) is 1.95. The summed E-state index contributed by atoms with van der Waals surface area (Å²) in [6.45, 7) is 2.13. The van der Waals surface area contributed by atoms with Crippen LogP contribution in [0.1, 0.15) is 30.9 Å². The summed E-state index contributed by atoms with van der Waals surface area (Å²) in [5.41, 5.74) is 0.799. The summed E-state index contributed by atoms with van der Waals surface area (Å²) in [7, 11) is 0. The molecule has 2 rings (SSSR count). The Labute approximate surface area is 82.8 Å². The second kappa shape index (κ2) is 4.37. The van der Waals surface area contributed by atoms with E-state index in [2.05, 4.69) is 15.3 Å². The minimum atomic E-state index is -0.236. The van der Waals surface area contributed by atoms with E-state index in [1.807, 2.05) is 6.07 Å². The van der Waals surface area contributed by atoms with E-state index in [4.69, 9.17) is 0 Å². The van der Waals surface area contributed by atoms with Crippen molar-refractivity contribution in [2.45, 2.75) is 25.2 Å². The molecule has 0 bridgehead atoms. The van der Waals surface area contributed by atoms with Crippen LogP contribution in [0.2, 0.25) is 0 Å². The summed E-state index contributed by atoms with van der Waals surface area (Å²) in [5.74, 6) is 0.487. The first-order valence-electron chi connectivity index (χ1n) is 5.12. The Hall–Kier alpha value is -1.16. The molecule has 1 aliphatic heterocycles. The number of hydrogen-bond donors (Lipinski definition) is 2. The normalized spacial score (nSPS) is 23.0. The van der Waals surface area contributed by atoms with Gasteiger partial charge in [-0.25, -0.2) is 9.78 Å². The van der Waals surface area contributed by atoms with E-state index in [1.165, 1.54) is 6.42 Å². The molecule has 1 unspecified atom stereocenters. The van der Waals surface area contributed by atoms with Gasteiger partial charge in [0.15, 0.2) is 0 Å². The molecule has 1 fully saturated rings. The maximum absolute atomic E-state index is 11.0. The molecule has 1 saturated heterocycles. The van der Waals surface area contributed by atoms with E-state index in [0.717, 1.165) is 31.6 Å². The van der Waals surface area contributed by atoms with Crippen LogP contribution in [0.3, 0.4) is 0 Å². The highest BCUT2D eigenvalue weighted by molar-refractivity contribution is 5.06. The first kappa shape index (κ1) is 9.40. The number of rotatable bonds is 1. The second-order valence-corrected chi connectivity index (χ2v) is 3.71. The predicted octanol–water partition coefficient (Wildman–Crippen LogP) is 0.627. The van der Waals surface area contributed by atoms with Gasteiger partial charge in [-0.2, -0.15) is 0 Å². The highest BCUT2D eigenvalue weighted by Gasteiger charge is 2.14. The van der Waals surface area contributed by atoms with E-state index in [0.29, 0.717) is 5.92 Å². The number of H-pyrrole nitrogens is 1. The third-order valence-electron chi connectivity index (χ3n) is 2.71. The summed E-state index contributed by atoms with van der Waals surface area (Å²) in [6, 6.07) is 1.91. The molecular weight excluding hydrogens is 178 g/mol. The van der Waals surface area contributed by atoms with Gasteiger partial charge in [-0.1, -0.05) is 0 Å². The Morgan fingerprint density at radius 2 is 2.29 bits per heavy atom. The fourth-order valence-electron chi connectivity index (χ4n) is 1.95. The van der Waals surface area contributed by atoms with Crippen molar-refractivity contribution in [3.8, 4) is 0 Å². The lowest BCUT2D eigenvalue weighted by Gasteiger charge is -2.12. The molecule has 76 valence electrons. The van der Waals surface area contributed by atoms with Crippen molar-refractivity contribution in [1.29, 1.82) is 0 Å². The highest BCUT2D eigenvalue weighted by Crippen LogP contribution is 2.22. The van der Waals surface area contributed by atoms with Gasteiger partial charge in [0.2, 0.25) is 0 Å². The zero-order valence-corrected chi connectivity index (χ0v) is 8.12. The first-order valence-corrected chi connectivity index (χ1v) is 5.12. The van der Waals surface area contributed by atoms with Crippen LogP contribution in [0, 0.1) is 0 Å². The zero-order chi connectivity index (χ0) is 9.80. The molecule has 1 aromatic rings. The molecule has 0 radical (unpaired) electrons. The van der Waals surface area contributed by atoms with Crippen LogP contribution < -0.4 is 11.0 Å². The van der Waals surface area contributed by atoms with Crippen molar-refractivity contribution in [2.24, 2.45) is 0 Å². The van der Waals surface area contributed by atoms with Crippen molar-refractivity contribution >= 4 is 0 Å². The van der Waals surface area contributed by atoms with Gasteiger partial charge in [-0.3, -0.25) is 0 Å². The van der Waals surface area contributed by atoms with Crippen molar-refractivity contribution in [3.63, 3.8) is 0 Å². The number of nitrogens with zero attached hydrogens (tertiary/aromatic N) is 1. The van der Waals surface area contributed by atoms with Crippen molar-refractivity contribution in [2.75, 3.05) is 13.1 Å². The van der Waals surface area contributed by atoms with Gasteiger partial charge in [0.1, 0.15) is 0 Å². The Kier molecular flexibility index (Phi) is 2.93. The van der Waals surface area contributed by atoms with Gasteiger partial charge in [0, 0.05) is 17.8 Å². The van der Waals surface area contributed by atoms with Crippen LogP contribution in [0.5, 0.6) is 0 Å².